The minimum Gasteiger partial charge on any atom is -0.497 e. The maximum atomic E-state index is 5.17. The lowest BCUT2D eigenvalue weighted by Crippen LogP contribution is -1.82. The van der Waals surface area contributed by atoms with Crippen LogP contribution in [0, 0.1) is 0 Å². The van der Waals surface area contributed by atoms with Gasteiger partial charge in [-0.25, -0.2) is 0 Å². The van der Waals surface area contributed by atoms with Gasteiger partial charge in [-0.2, -0.15) is 0 Å². The predicted octanol–water partition coefficient (Wildman–Crippen LogP) is 4.29. The summed E-state index contributed by atoms with van der Waals surface area (Å²) in [6.45, 7) is 2.23. The van der Waals surface area contributed by atoms with Crippen LogP contribution in [-0.4, -0.2) is 7.11 Å². The molecule has 82 valence electrons. The summed E-state index contributed by atoms with van der Waals surface area (Å²) in [5.74, 6) is 0.922. The van der Waals surface area contributed by atoms with E-state index in [1.54, 1.807) is 7.11 Å². The molecule has 0 N–H and O–H groups in total. The summed E-state index contributed by atoms with van der Waals surface area (Å²) in [7, 11) is 1.70. The first-order chi connectivity index (χ1) is 7.36. The molecule has 0 aliphatic carbocycles. The van der Waals surface area contributed by atoms with E-state index < -0.39 is 0 Å². The number of methoxy groups -OCH3 is 1. The van der Waals surface area contributed by atoms with Crippen LogP contribution in [0.15, 0.2) is 30.3 Å². The number of benzene rings is 1. The number of hydrogen-bond acceptors (Lipinski definition) is 1. The van der Waals surface area contributed by atoms with Crippen molar-refractivity contribution in [2.45, 2.75) is 32.6 Å². The highest BCUT2D eigenvalue weighted by Gasteiger charge is 1.90. The van der Waals surface area contributed by atoms with Gasteiger partial charge in [0, 0.05) is 0 Å². The molecule has 0 heterocycles. The van der Waals surface area contributed by atoms with E-state index in [1.165, 1.54) is 31.2 Å². The number of rotatable bonds is 6. The van der Waals surface area contributed by atoms with Crippen LogP contribution in [0.5, 0.6) is 5.75 Å². The third-order valence-corrected chi connectivity index (χ3v) is 2.38. The molecule has 0 fully saturated rings. The predicted molar refractivity (Wildman–Crippen MR) is 66.2 cm³/mol. The van der Waals surface area contributed by atoms with Crippen LogP contribution in [0.1, 0.15) is 38.2 Å². The van der Waals surface area contributed by atoms with Crippen molar-refractivity contribution in [3.63, 3.8) is 0 Å². The fraction of sp³-hybridized carbons (Fsp3) is 0.429. The molecule has 0 atom stereocenters. The Balaban J connectivity index is 2.41. The second kappa shape index (κ2) is 7.10. The summed E-state index contributed by atoms with van der Waals surface area (Å²) < 4.78 is 5.17. The molecule has 1 heteroatoms. The Bertz CT molecular complexity index is 302. The average Bonchev–Trinajstić information content (AvgIpc) is 2.29. The summed E-state index contributed by atoms with van der Waals surface area (Å²) in [5, 5.41) is 0. The van der Waals surface area contributed by atoms with Gasteiger partial charge in [0.25, 0.3) is 0 Å². The van der Waals surface area contributed by atoms with Gasteiger partial charge in [0.05, 0.1) is 7.11 Å². The third kappa shape index (κ3) is 4.68. The Morgan fingerprint density at radius 3 is 2.87 bits per heavy atom. The highest BCUT2D eigenvalue weighted by Crippen LogP contribution is 2.14. The monoisotopic (exact) mass is 204 g/mol. The molecular weight excluding hydrogens is 184 g/mol. The lowest BCUT2D eigenvalue weighted by molar-refractivity contribution is 0.414. The third-order valence-electron chi connectivity index (χ3n) is 2.38. The van der Waals surface area contributed by atoms with Crippen LogP contribution in [0.3, 0.4) is 0 Å². The molecule has 0 aliphatic rings. The molecule has 1 nitrogen and oxygen atoms in total. The second-order valence-electron chi connectivity index (χ2n) is 3.67. The summed E-state index contributed by atoms with van der Waals surface area (Å²) in [6.07, 6.45) is 9.47. The van der Waals surface area contributed by atoms with Crippen LogP contribution in [0.25, 0.3) is 6.08 Å². The van der Waals surface area contributed by atoms with Crippen molar-refractivity contribution in [1.29, 1.82) is 0 Å². The first-order valence-corrected chi connectivity index (χ1v) is 5.67. The van der Waals surface area contributed by atoms with E-state index >= 15 is 0 Å². The SMILES string of the molecule is CCCCCC=Cc1cccc(OC)c1. The fourth-order valence-electron chi connectivity index (χ4n) is 1.48. The Labute approximate surface area is 92.8 Å². The number of hydrogen-bond donors (Lipinski definition) is 0. The quantitative estimate of drug-likeness (QED) is 0.628. The van der Waals surface area contributed by atoms with E-state index in [-0.39, 0.29) is 0 Å². The number of ether oxygens (including phenoxy) is 1. The van der Waals surface area contributed by atoms with E-state index in [0.717, 1.165) is 5.75 Å². The van der Waals surface area contributed by atoms with Crippen molar-refractivity contribution < 1.29 is 4.74 Å². The zero-order chi connectivity index (χ0) is 10.9. The Hall–Kier alpha value is -1.24. The van der Waals surface area contributed by atoms with Gasteiger partial charge in [0.15, 0.2) is 0 Å². The zero-order valence-corrected chi connectivity index (χ0v) is 9.70. The molecule has 0 bridgehead atoms. The molecule has 1 aromatic rings. The van der Waals surface area contributed by atoms with E-state index in [2.05, 4.69) is 31.2 Å². The van der Waals surface area contributed by atoms with Crippen molar-refractivity contribution in [1.82, 2.24) is 0 Å². The van der Waals surface area contributed by atoms with Crippen molar-refractivity contribution in [2.24, 2.45) is 0 Å². The van der Waals surface area contributed by atoms with Gasteiger partial charge in [-0.3, -0.25) is 0 Å². The first-order valence-electron chi connectivity index (χ1n) is 5.67. The van der Waals surface area contributed by atoms with Gasteiger partial charge < -0.3 is 4.74 Å². The minimum absolute atomic E-state index is 0.922. The zero-order valence-electron chi connectivity index (χ0n) is 9.70. The smallest absolute Gasteiger partial charge is 0.119 e. The molecule has 0 amide bonds. The maximum Gasteiger partial charge on any atom is 0.119 e. The second-order valence-corrected chi connectivity index (χ2v) is 3.67. The van der Waals surface area contributed by atoms with Crippen molar-refractivity contribution >= 4 is 6.08 Å². The molecule has 0 aliphatic heterocycles. The van der Waals surface area contributed by atoms with Crippen molar-refractivity contribution in [3.05, 3.63) is 35.9 Å². The topological polar surface area (TPSA) is 9.23 Å². The summed E-state index contributed by atoms with van der Waals surface area (Å²) in [5.41, 5.74) is 1.21. The minimum atomic E-state index is 0.922. The maximum absolute atomic E-state index is 5.17. The molecule has 0 unspecified atom stereocenters. The van der Waals surface area contributed by atoms with Gasteiger partial charge in [0.1, 0.15) is 5.75 Å². The highest BCUT2D eigenvalue weighted by atomic mass is 16.5. The van der Waals surface area contributed by atoms with E-state index in [1.807, 2.05) is 12.1 Å². The Kier molecular flexibility index (Phi) is 5.60. The summed E-state index contributed by atoms with van der Waals surface area (Å²) >= 11 is 0. The average molecular weight is 204 g/mol. The molecule has 0 aromatic heterocycles. The van der Waals surface area contributed by atoms with Gasteiger partial charge >= 0.3 is 0 Å². The van der Waals surface area contributed by atoms with Crippen LogP contribution < -0.4 is 4.74 Å². The largest absolute Gasteiger partial charge is 0.497 e. The van der Waals surface area contributed by atoms with Gasteiger partial charge in [0.2, 0.25) is 0 Å². The summed E-state index contributed by atoms with van der Waals surface area (Å²) in [4.78, 5) is 0. The number of allylic oxidation sites excluding steroid dienone is 1. The summed E-state index contributed by atoms with van der Waals surface area (Å²) in [6, 6.07) is 8.13. The molecular formula is C14H20O. The fourth-order valence-corrected chi connectivity index (χ4v) is 1.48. The molecule has 0 radical (unpaired) electrons. The van der Waals surface area contributed by atoms with E-state index in [4.69, 9.17) is 4.74 Å². The van der Waals surface area contributed by atoms with Crippen LogP contribution >= 0.6 is 0 Å². The van der Waals surface area contributed by atoms with Crippen LogP contribution in [0.2, 0.25) is 0 Å². The number of unbranched alkanes of at least 4 members (excludes halogenated alkanes) is 3. The van der Waals surface area contributed by atoms with E-state index in [0.29, 0.717) is 0 Å². The molecule has 0 spiro atoms. The highest BCUT2D eigenvalue weighted by molar-refractivity contribution is 5.51. The molecule has 1 aromatic carbocycles. The normalized spacial score (nSPS) is 10.8. The molecule has 0 saturated heterocycles. The van der Waals surface area contributed by atoms with Crippen molar-refractivity contribution in [2.75, 3.05) is 7.11 Å². The van der Waals surface area contributed by atoms with Gasteiger partial charge in [-0.15, -0.1) is 0 Å². The van der Waals surface area contributed by atoms with Gasteiger partial charge in [-0.1, -0.05) is 44.1 Å². The Morgan fingerprint density at radius 2 is 2.13 bits per heavy atom. The van der Waals surface area contributed by atoms with E-state index in [9.17, 15) is 0 Å². The standard InChI is InChI=1S/C14H20O/c1-3-4-5-6-7-9-13-10-8-11-14(12-13)15-2/h7-12H,3-6H2,1-2H3. The van der Waals surface area contributed by atoms with Gasteiger partial charge in [-0.05, 0) is 30.5 Å². The lowest BCUT2D eigenvalue weighted by Gasteiger charge is -1.99. The lowest BCUT2D eigenvalue weighted by atomic mass is 10.1. The molecule has 1 rings (SSSR count). The molecule has 0 saturated carbocycles. The van der Waals surface area contributed by atoms with Crippen LogP contribution in [-0.2, 0) is 0 Å². The molecule has 15 heavy (non-hydrogen) atoms. The van der Waals surface area contributed by atoms with Crippen molar-refractivity contribution in [3.8, 4) is 5.75 Å². The Morgan fingerprint density at radius 1 is 1.27 bits per heavy atom. The first kappa shape index (κ1) is 11.8. The van der Waals surface area contributed by atoms with Crippen LogP contribution in [0.4, 0.5) is 0 Å².